The first kappa shape index (κ1) is 8.29. The van der Waals surface area contributed by atoms with Crippen molar-refractivity contribution in [2.45, 2.75) is 26.3 Å². The highest BCUT2D eigenvalue weighted by atomic mass is 15.3. The van der Waals surface area contributed by atoms with Crippen LogP contribution in [0.3, 0.4) is 0 Å². The van der Waals surface area contributed by atoms with Crippen LogP contribution in [0.4, 0.5) is 5.69 Å². The van der Waals surface area contributed by atoms with Crippen molar-refractivity contribution in [2.24, 2.45) is 12.0 Å². The molecule has 0 saturated carbocycles. The molecule has 4 heteroatoms. The summed E-state index contributed by atoms with van der Waals surface area (Å²) in [5.74, 6) is 0. The molecule has 0 aromatic carbocycles. The predicted molar refractivity (Wildman–Crippen MR) is 53.0 cm³/mol. The summed E-state index contributed by atoms with van der Waals surface area (Å²) in [6.07, 6.45) is 3.91. The van der Waals surface area contributed by atoms with Gasteiger partial charge in [0.25, 0.3) is 0 Å². The smallest absolute Gasteiger partial charge is 0.0873 e. The second-order valence-corrected chi connectivity index (χ2v) is 3.26. The van der Waals surface area contributed by atoms with Gasteiger partial charge in [0.1, 0.15) is 0 Å². The molecular weight excluding hydrogens is 164 g/mol. The highest BCUT2D eigenvalue weighted by molar-refractivity contribution is 5.80. The lowest BCUT2D eigenvalue weighted by Gasteiger charge is -2.08. The van der Waals surface area contributed by atoms with Gasteiger partial charge < -0.3 is 5.32 Å². The fourth-order valence-corrected chi connectivity index (χ4v) is 1.62. The monoisotopic (exact) mass is 178 g/mol. The van der Waals surface area contributed by atoms with Crippen LogP contribution in [-0.2, 0) is 20.0 Å². The SMILES string of the molecule is CCCc1nn(C)c2c1NC=NC2. The minimum absolute atomic E-state index is 0.746. The van der Waals surface area contributed by atoms with Crippen LogP contribution in [0.1, 0.15) is 24.7 Å². The van der Waals surface area contributed by atoms with Gasteiger partial charge in [-0.3, -0.25) is 9.67 Å². The highest BCUT2D eigenvalue weighted by Crippen LogP contribution is 2.23. The zero-order chi connectivity index (χ0) is 9.26. The third-order valence-corrected chi connectivity index (χ3v) is 2.27. The van der Waals surface area contributed by atoms with Crippen LogP contribution >= 0.6 is 0 Å². The first-order valence-electron chi connectivity index (χ1n) is 4.62. The number of nitrogens with one attached hydrogen (secondary N) is 1. The van der Waals surface area contributed by atoms with Crippen molar-refractivity contribution < 1.29 is 0 Å². The molecule has 2 heterocycles. The lowest BCUT2D eigenvalue weighted by molar-refractivity contribution is 0.694. The Bertz CT molecular complexity index is 338. The van der Waals surface area contributed by atoms with Crippen LogP contribution in [0.5, 0.6) is 0 Å². The lowest BCUT2D eigenvalue weighted by atomic mass is 10.2. The van der Waals surface area contributed by atoms with E-state index < -0.39 is 0 Å². The molecule has 0 spiro atoms. The summed E-state index contributed by atoms with van der Waals surface area (Å²) in [5.41, 5.74) is 3.51. The van der Waals surface area contributed by atoms with Crippen molar-refractivity contribution in [1.29, 1.82) is 0 Å². The van der Waals surface area contributed by atoms with Gasteiger partial charge >= 0.3 is 0 Å². The normalized spacial score (nSPS) is 14.0. The fraction of sp³-hybridized carbons (Fsp3) is 0.556. The molecule has 0 fully saturated rings. The molecule has 70 valence electrons. The standard InChI is InChI=1S/C9H14N4/c1-3-4-7-9-8(13(2)12-7)5-10-6-11-9/h6H,3-5H2,1-2H3,(H,10,11). The summed E-state index contributed by atoms with van der Waals surface area (Å²) in [6.45, 7) is 2.91. The van der Waals surface area contributed by atoms with Crippen molar-refractivity contribution in [3.05, 3.63) is 11.4 Å². The number of fused-ring (bicyclic) bond motifs is 1. The summed E-state index contributed by atoms with van der Waals surface area (Å²) in [4.78, 5) is 4.16. The largest absolute Gasteiger partial charge is 0.344 e. The maximum atomic E-state index is 4.46. The van der Waals surface area contributed by atoms with Gasteiger partial charge in [0, 0.05) is 7.05 Å². The van der Waals surface area contributed by atoms with E-state index in [9.17, 15) is 0 Å². The summed E-state index contributed by atoms with van der Waals surface area (Å²) in [6, 6.07) is 0. The zero-order valence-corrected chi connectivity index (χ0v) is 8.04. The average Bonchev–Trinajstić information content (AvgIpc) is 2.46. The molecule has 1 aromatic heterocycles. The van der Waals surface area contributed by atoms with Crippen molar-refractivity contribution in [3.8, 4) is 0 Å². The van der Waals surface area contributed by atoms with E-state index in [0.29, 0.717) is 0 Å². The van der Waals surface area contributed by atoms with Gasteiger partial charge in [-0.1, -0.05) is 13.3 Å². The molecule has 0 unspecified atom stereocenters. The van der Waals surface area contributed by atoms with Crippen LogP contribution in [0, 0.1) is 0 Å². The van der Waals surface area contributed by atoms with Crippen molar-refractivity contribution in [2.75, 3.05) is 5.32 Å². The number of hydrogen-bond donors (Lipinski definition) is 1. The third kappa shape index (κ3) is 1.32. The van der Waals surface area contributed by atoms with Crippen LogP contribution in [0.2, 0.25) is 0 Å². The molecule has 0 bridgehead atoms. The molecule has 0 aliphatic carbocycles. The van der Waals surface area contributed by atoms with E-state index in [1.54, 1.807) is 6.34 Å². The molecule has 0 radical (unpaired) electrons. The highest BCUT2D eigenvalue weighted by Gasteiger charge is 2.15. The van der Waals surface area contributed by atoms with Gasteiger partial charge in [0.2, 0.25) is 0 Å². The summed E-state index contributed by atoms with van der Waals surface area (Å²) in [5, 5.41) is 7.62. The molecule has 0 atom stereocenters. The molecular formula is C9H14N4. The predicted octanol–water partition coefficient (Wildman–Crippen LogP) is 1.33. The maximum Gasteiger partial charge on any atom is 0.0873 e. The first-order valence-corrected chi connectivity index (χ1v) is 4.62. The molecule has 1 aliphatic heterocycles. The number of hydrogen-bond acceptors (Lipinski definition) is 3. The fourth-order valence-electron chi connectivity index (χ4n) is 1.62. The lowest BCUT2D eigenvalue weighted by Crippen LogP contribution is -2.07. The van der Waals surface area contributed by atoms with Gasteiger partial charge in [-0.15, -0.1) is 0 Å². The van der Waals surface area contributed by atoms with Crippen LogP contribution < -0.4 is 5.32 Å². The van der Waals surface area contributed by atoms with Crippen LogP contribution in [0.25, 0.3) is 0 Å². The van der Waals surface area contributed by atoms with Gasteiger partial charge in [-0.05, 0) is 6.42 Å². The topological polar surface area (TPSA) is 42.2 Å². The molecule has 2 rings (SSSR count). The molecule has 1 aliphatic rings. The van der Waals surface area contributed by atoms with Crippen LogP contribution in [0.15, 0.2) is 4.99 Å². The zero-order valence-electron chi connectivity index (χ0n) is 8.04. The molecule has 0 saturated heterocycles. The van der Waals surface area contributed by atoms with Gasteiger partial charge in [-0.2, -0.15) is 5.10 Å². The Morgan fingerprint density at radius 3 is 3.23 bits per heavy atom. The number of anilines is 1. The number of aryl methyl sites for hydroxylation is 2. The van der Waals surface area contributed by atoms with E-state index >= 15 is 0 Å². The minimum atomic E-state index is 0.746. The summed E-state index contributed by atoms with van der Waals surface area (Å²) >= 11 is 0. The molecule has 13 heavy (non-hydrogen) atoms. The molecule has 0 amide bonds. The first-order chi connectivity index (χ1) is 6.33. The van der Waals surface area contributed by atoms with Gasteiger partial charge in [0.05, 0.1) is 30.0 Å². The average molecular weight is 178 g/mol. The third-order valence-electron chi connectivity index (χ3n) is 2.27. The summed E-state index contributed by atoms with van der Waals surface area (Å²) < 4.78 is 1.92. The van der Waals surface area contributed by atoms with Crippen molar-refractivity contribution in [1.82, 2.24) is 9.78 Å². The van der Waals surface area contributed by atoms with E-state index in [4.69, 9.17) is 0 Å². The number of aliphatic imine (C=N–C) groups is 1. The van der Waals surface area contributed by atoms with Crippen LogP contribution in [-0.4, -0.2) is 16.1 Å². The van der Waals surface area contributed by atoms with E-state index in [1.165, 1.54) is 11.4 Å². The minimum Gasteiger partial charge on any atom is -0.344 e. The Morgan fingerprint density at radius 2 is 2.46 bits per heavy atom. The van der Waals surface area contributed by atoms with E-state index in [0.717, 1.165) is 25.1 Å². The molecule has 4 nitrogen and oxygen atoms in total. The quantitative estimate of drug-likeness (QED) is 0.742. The Labute approximate surface area is 77.7 Å². The van der Waals surface area contributed by atoms with E-state index in [-0.39, 0.29) is 0 Å². The Kier molecular flexibility index (Phi) is 2.04. The second-order valence-electron chi connectivity index (χ2n) is 3.26. The number of aromatic nitrogens is 2. The van der Waals surface area contributed by atoms with Gasteiger partial charge in [0.15, 0.2) is 0 Å². The van der Waals surface area contributed by atoms with E-state index in [1.807, 2.05) is 11.7 Å². The Hall–Kier alpha value is -1.32. The Balaban J connectivity index is 2.39. The van der Waals surface area contributed by atoms with E-state index in [2.05, 4.69) is 22.3 Å². The second kappa shape index (κ2) is 3.20. The number of rotatable bonds is 2. The molecule has 1 N–H and O–H groups in total. The summed E-state index contributed by atoms with van der Waals surface area (Å²) in [7, 11) is 1.97. The van der Waals surface area contributed by atoms with Gasteiger partial charge in [-0.25, -0.2) is 0 Å². The number of nitrogens with zero attached hydrogens (tertiary/aromatic N) is 3. The van der Waals surface area contributed by atoms with Crippen molar-refractivity contribution in [3.63, 3.8) is 0 Å². The molecule has 1 aromatic rings. The maximum absolute atomic E-state index is 4.46. The van der Waals surface area contributed by atoms with Crippen molar-refractivity contribution >= 4 is 12.0 Å². The Morgan fingerprint density at radius 1 is 1.62 bits per heavy atom.